The Kier molecular flexibility index (Phi) is 4.05. The predicted octanol–water partition coefficient (Wildman–Crippen LogP) is 2.11. The smallest absolute Gasteiger partial charge is 0.272 e. The highest BCUT2D eigenvalue weighted by Gasteiger charge is 2.11. The first-order valence-electron chi connectivity index (χ1n) is 7.07. The molecule has 1 amide bonds. The normalized spacial score (nSPS) is 10.5. The molecule has 0 atom stereocenters. The molecule has 0 unspecified atom stereocenters. The molecule has 6 heteroatoms. The first-order chi connectivity index (χ1) is 11.2. The number of anilines is 1. The van der Waals surface area contributed by atoms with E-state index in [9.17, 15) is 9.59 Å². The summed E-state index contributed by atoms with van der Waals surface area (Å²) in [7, 11) is 1.58. The van der Waals surface area contributed by atoms with E-state index >= 15 is 0 Å². The van der Waals surface area contributed by atoms with E-state index in [2.05, 4.69) is 15.5 Å². The van der Waals surface area contributed by atoms with Crippen LogP contribution in [0, 0.1) is 0 Å². The molecule has 23 heavy (non-hydrogen) atoms. The third-order valence-electron chi connectivity index (χ3n) is 3.48. The van der Waals surface area contributed by atoms with E-state index in [1.54, 1.807) is 49.6 Å². The van der Waals surface area contributed by atoms with Crippen molar-refractivity contribution in [3.63, 3.8) is 0 Å². The van der Waals surface area contributed by atoms with Gasteiger partial charge in [0.2, 0.25) is 5.91 Å². The lowest BCUT2D eigenvalue weighted by molar-refractivity contribution is -0.115. The van der Waals surface area contributed by atoms with Gasteiger partial charge in [0.05, 0.1) is 24.6 Å². The number of aromatic nitrogens is 2. The Bertz CT molecular complexity index is 901. The van der Waals surface area contributed by atoms with Gasteiger partial charge in [0.25, 0.3) is 5.56 Å². The standard InChI is InChI=1S/C17H15N3O3/c1-23-12-8-6-11(7-9-12)18-16(21)10-15-13-4-2-3-5-14(13)17(22)20-19-15/h2-9H,10H2,1H3,(H,18,21)(H,20,22). The Morgan fingerprint density at radius 2 is 1.83 bits per heavy atom. The minimum atomic E-state index is -0.264. The van der Waals surface area contributed by atoms with Crippen LogP contribution in [-0.2, 0) is 11.2 Å². The van der Waals surface area contributed by atoms with Crippen LogP contribution in [0.15, 0.2) is 53.3 Å². The Morgan fingerprint density at radius 3 is 2.52 bits per heavy atom. The molecule has 0 saturated carbocycles. The molecule has 3 aromatic rings. The first kappa shape index (κ1) is 14.8. The van der Waals surface area contributed by atoms with Crippen molar-refractivity contribution in [2.24, 2.45) is 0 Å². The SMILES string of the molecule is COc1ccc(NC(=O)Cc2n[nH]c(=O)c3ccccc23)cc1. The minimum Gasteiger partial charge on any atom is -0.497 e. The van der Waals surface area contributed by atoms with Crippen LogP contribution in [0.1, 0.15) is 5.69 Å². The summed E-state index contributed by atoms with van der Waals surface area (Å²) in [6.45, 7) is 0. The van der Waals surface area contributed by atoms with Crippen LogP contribution < -0.4 is 15.6 Å². The molecule has 0 aliphatic rings. The molecule has 2 aromatic carbocycles. The number of benzene rings is 2. The molecule has 2 N–H and O–H groups in total. The molecule has 0 radical (unpaired) electrons. The Hall–Kier alpha value is -3.15. The van der Waals surface area contributed by atoms with Crippen LogP contribution in [0.5, 0.6) is 5.75 Å². The summed E-state index contributed by atoms with van der Waals surface area (Å²) in [5.41, 5.74) is 0.940. The maximum absolute atomic E-state index is 12.2. The average molecular weight is 309 g/mol. The van der Waals surface area contributed by atoms with Gasteiger partial charge >= 0.3 is 0 Å². The first-order valence-corrected chi connectivity index (χ1v) is 7.07. The number of H-pyrrole nitrogens is 1. The number of hydrogen-bond acceptors (Lipinski definition) is 4. The van der Waals surface area contributed by atoms with Gasteiger partial charge in [0.1, 0.15) is 5.75 Å². The molecule has 1 aromatic heterocycles. The Labute approximate surface area is 132 Å². The fourth-order valence-electron chi connectivity index (χ4n) is 2.34. The average Bonchev–Trinajstić information content (AvgIpc) is 2.58. The van der Waals surface area contributed by atoms with Crippen LogP contribution in [-0.4, -0.2) is 23.2 Å². The van der Waals surface area contributed by atoms with Crippen molar-refractivity contribution in [2.45, 2.75) is 6.42 Å². The molecule has 0 saturated heterocycles. The molecular formula is C17H15N3O3. The van der Waals surface area contributed by atoms with E-state index in [0.29, 0.717) is 22.2 Å². The van der Waals surface area contributed by atoms with Gasteiger partial charge in [-0.05, 0) is 30.3 Å². The van der Waals surface area contributed by atoms with Gasteiger partial charge < -0.3 is 10.1 Å². The molecular weight excluding hydrogens is 294 g/mol. The highest BCUT2D eigenvalue weighted by atomic mass is 16.5. The summed E-state index contributed by atoms with van der Waals surface area (Å²) in [6.07, 6.45) is 0.0727. The van der Waals surface area contributed by atoms with Gasteiger partial charge in [-0.15, -0.1) is 0 Å². The summed E-state index contributed by atoms with van der Waals surface area (Å²) in [6, 6.07) is 14.1. The number of fused-ring (bicyclic) bond motifs is 1. The van der Waals surface area contributed by atoms with Crippen LogP contribution in [0.4, 0.5) is 5.69 Å². The second kappa shape index (κ2) is 6.31. The van der Waals surface area contributed by atoms with Gasteiger partial charge in [-0.1, -0.05) is 18.2 Å². The van der Waals surface area contributed by atoms with Crippen molar-refractivity contribution in [1.29, 1.82) is 0 Å². The summed E-state index contributed by atoms with van der Waals surface area (Å²) in [4.78, 5) is 23.9. The van der Waals surface area contributed by atoms with E-state index in [-0.39, 0.29) is 17.9 Å². The van der Waals surface area contributed by atoms with Gasteiger partial charge in [-0.2, -0.15) is 5.10 Å². The zero-order chi connectivity index (χ0) is 16.2. The van der Waals surface area contributed by atoms with Crippen molar-refractivity contribution < 1.29 is 9.53 Å². The fourth-order valence-corrected chi connectivity index (χ4v) is 2.34. The maximum Gasteiger partial charge on any atom is 0.272 e. The van der Waals surface area contributed by atoms with E-state index in [1.165, 1.54) is 0 Å². The number of aromatic amines is 1. The van der Waals surface area contributed by atoms with Gasteiger partial charge in [0.15, 0.2) is 0 Å². The van der Waals surface area contributed by atoms with Crippen molar-refractivity contribution in [3.05, 3.63) is 64.6 Å². The molecule has 3 rings (SSSR count). The molecule has 0 fully saturated rings. The van der Waals surface area contributed by atoms with Crippen molar-refractivity contribution >= 4 is 22.4 Å². The number of nitrogens with zero attached hydrogens (tertiary/aromatic N) is 1. The van der Waals surface area contributed by atoms with E-state index in [1.807, 2.05) is 6.07 Å². The summed E-state index contributed by atoms with van der Waals surface area (Å²) in [5.74, 6) is 0.510. The monoisotopic (exact) mass is 309 g/mol. The number of amides is 1. The number of methoxy groups -OCH3 is 1. The topological polar surface area (TPSA) is 84.1 Å². The van der Waals surface area contributed by atoms with Gasteiger partial charge in [-0.25, -0.2) is 5.10 Å². The molecule has 116 valence electrons. The summed E-state index contributed by atoms with van der Waals surface area (Å²) >= 11 is 0. The summed E-state index contributed by atoms with van der Waals surface area (Å²) < 4.78 is 5.07. The second-order valence-corrected chi connectivity index (χ2v) is 5.00. The quantitative estimate of drug-likeness (QED) is 0.773. The lowest BCUT2D eigenvalue weighted by Gasteiger charge is -2.07. The lowest BCUT2D eigenvalue weighted by Crippen LogP contribution is -2.18. The molecule has 0 aliphatic carbocycles. The largest absolute Gasteiger partial charge is 0.497 e. The second-order valence-electron chi connectivity index (χ2n) is 5.00. The number of carbonyl (C=O) groups is 1. The van der Waals surface area contributed by atoms with Gasteiger partial charge in [-0.3, -0.25) is 9.59 Å². The Morgan fingerprint density at radius 1 is 1.13 bits per heavy atom. The zero-order valence-electron chi connectivity index (χ0n) is 12.5. The van der Waals surface area contributed by atoms with Gasteiger partial charge in [0, 0.05) is 11.1 Å². The third-order valence-corrected chi connectivity index (χ3v) is 3.48. The zero-order valence-corrected chi connectivity index (χ0v) is 12.5. The lowest BCUT2D eigenvalue weighted by atomic mass is 10.1. The van der Waals surface area contributed by atoms with Crippen LogP contribution in [0.2, 0.25) is 0 Å². The predicted molar refractivity (Wildman–Crippen MR) is 87.7 cm³/mol. The van der Waals surface area contributed by atoms with Crippen molar-refractivity contribution in [2.75, 3.05) is 12.4 Å². The van der Waals surface area contributed by atoms with Crippen molar-refractivity contribution in [1.82, 2.24) is 10.2 Å². The molecule has 6 nitrogen and oxygen atoms in total. The number of rotatable bonds is 4. The number of hydrogen-bond donors (Lipinski definition) is 2. The number of nitrogens with one attached hydrogen (secondary N) is 2. The Balaban J connectivity index is 1.80. The van der Waals surface area contributed by atoms with E-state index in [4.69, 9.17) is 4.74 Å². The highest BCUT2D eigenvalue weighted by molar-refractivity contribution is 5.95. The number of carbonyl (C=O) groups excluding carboxylic acids is 1. The fraction of sp³-hybridized carbons (Fsp3) is 0.118. The molecule has 0 spiro atoms. The molecule has 0 bridgehead atoms. The summed E-state index contributed by atoms with van der Waals surface area (Å²) in [5, 5.41) is 10.4. The maximum atomic E-state index is 12.2. The van der Waals surface area contributed by atoms with E-state index < -0.39 is 0 Å². The molecule has 0 aliphatic heterocycles. The third kappa shape index (κ3) is 3.21. The van der Waals surface area contributed by atoms with Crippen LogP contribution in [0.3, 0.4) is 0 Å². The van der Waals surface area contributed by atoms with Crippen molar-refractivity contribution in [3.8, 4) is 5.75 Å². The minimum absolute atomic E-state index is 0.0727. The van der Waals surface area contributed by atoms with E-state index in [0.717, 1.165) is 5.75 Å². The number of ether oxygens (including phenoxy) is 1. The van der Waals surface area contributed by atoms with Crippen LogP contribution in [0.25, 0.3) is 10.8 Å². The molecule has 1 heterocycles. The van der Waals surface area contributed by atoms with Crippen LogP contribution >= 0.6 is 0 Å². The highest BCUT2D eigenvalue weighted by Crippen LogP contribution is 2.16.